The molecule has 2 unspecified atom stereocenters. The number of anilines is 1. The van der Waals surface area contributed by atoms with Crippen LogP contribution in [0.4, 0.5) is 5.82 Å². The average molecular weight is 305 g/mol. The maximum atomic E-state index is 5.97. The number of morpholine rings is 1. The Hall–Kier alpha value is -0.390. The van der Waals surface area contributed by atoms with Gasteiger partial charge < -0.3 is 9.64 Å². The Bertz CT molecular complexity index is 405. The van der Waals surface area contributed by atoms with Gasteiger partial charge in [-0.1, -0.05) is 11.6 Å². The van der Waals surface area contributed by atoms with Gasteiger partial charge in [-0.25, -0.2) is 9.97 Å². The van der Waals surface area contributed by atoms with Crippen LogP contribution < -0.4 is 4.90 Å². The van der Waals surface area contributed by atoms with Gasteiger partial charge >= 0.3 is 0 Å². The summed E-state index contributed by atoms with van der Waals surface area (Å²) in [6.45, 7) is 1.78. The quantitative estimate of drug-likeness (QED) is 0.746. The first-order valence-electron chi connectivity index (χ1n) is 5.30. The minimum absolute atomic E-state index is 0.347. The number of hydrogen-bond acceptors (Lipinski definition) is 4. The van der Waals surface area contributed by atoms with Crippen LogP contribution in [0.5, 0.6) is 0 Å². The van der Waals surface area contributed by atoms with Gasteiger partial charge in [0.1, 0.15) is 17.3 Å². The topological polar surface area (TPSA) is 38.2 Å². The molecule has 1 aromatic rings. The second-order valence-electron chi connectivity index (χ2n) is 4.16. The van der Waals surface area contributed by atoms with Crippen LogP contribution in [0.3, 0.4) is 0 Å². The van der Waals surface area contributed by atoms with Crippen LogP contribution in [0.15, 0.2) is 10.8 Å². The summed E-state index contributed by atoms with van der Waals surface area (Å²) < 4.78 is 6.56. The minimum Gasteiger partial charge on any atom is -0.371 e. The van der Waals surface area contributed by atoms with E-state index in [4.69, 9.17) is 16.3 Å². The Kier molecular flexibility index (Phi) is 2.77. The van der Waals surface area contributed by atoms with Crippen molar-refractivity contribution in [2.24, 2.45) is 0 Å². The fourth-order valence-electron chi connectivity index (χ4n) is 2.35. The molecule has 2 atom stereocenters. The fourth-order valence-corrected chi connectivity index (χ4v) is 2.93. The van der Waals surface area contributed by atoms with Gasteiger partial charge in [-0.3, -0.25) is 0 Å². The van der Waals surface area contributed by atoms with Crippen molar-refractivity contribution in [3.8, 4) is 0 Å². The molecule has 4 nitrogen and oxygen atoms in total. The first-order valence-corrected chi connectivity index (χ1v) is 6.47. The van der Waals surface area contributed by atoms with E-state index < -0.39 is 0 Å². The van der Waals surface area contributed by atoms with Crippen LogP contribution in [-0.2, 0) is 4.74 Å². The molecule has 2 saturated heterocycles. The van der Waals surface area contributed by atoms with Gasteiger partial charge in [0.05, 0.1) is 16.7 Å². The Morgan fingerprint density at radius 1 is 1.31 bits per heavy atom. The lowest BCUT2D eigenvalue weighted by Crippen LogP contribution is -2.43. The van der Waals surface area contributed by atoms with Crippen molar-refractivity contribution in [3.05, 3.63) is 16.0 Å². The van der Waals surface area contributed by atoms with E-state index in [0.717, 1.165) is 36.2 Å². The van der Waals surface area contributed by atoms with Gasteiger partial charge in [-0.2, -0.15) is 0 Å². The Balaban J connectivity index is 1.89. The van der Waals surface area contributed by atoms with E-state index in [1.807, 2.05) is 0 Å². The SMILES string of the molecule is Clc1ncnc(N2CC3CCC(C2)O3)c1Br. The largest absolute Gasteiger partial charge is 0.371 e. The molecule has 0 aliphatic carbocycles. The molecule has 2 bridgehead atoms. The Morgan fingerprint density at radius 3 is 2.69 bits per heavy atom. The molecule has 2 aliphatic heterocycles. The van der Waals surface area contributed by atoms with Crippen molar-refractivity contribution in [2.75, 3.05) is 18.0 Å². The monoisotopic (exact) mass is 303 g/mol. The van der Waals surface area contributed by atoms with Crippen molar-refractivity contribution >= 4 is 33.3 Å². The molecule has 3 rings (SSSR count). The normalized spacial score (nSPS) is 28.5. The van der Waals surface area contributed by atoms with Gasteiger partial charge in [0.15, 0.2) is 0 Å². The van der Waals surface area contributed by atoms with E-state index in [0.29, 0.717) is 17.4 Å². The van der Waals surface area contributed by atoms with Crippen LogP contribution in [0.25, 0.3) is 0 Å². The van der Waals surface area contributed by atoms with Crippen molar-refractivity contribution in [3.63, 3.8) is 0 Å². The number of hydrogen-bond donors (Lipinski definition) is 0. The molecule has 2 aliphatic rings. The summed E-state index contributed by atoms with van der Waals surface area (Å²) in [5.74, 6) is 0.875. The number of ether oxygens (including phenoxy) is 1. The van der Waals surface area contributed by atoms with Crippen LogP contribution in [-0.4, -0.2) is 35.3 Å². The van der Waals surface area contributed by atoms with Gasteiger partial charge in [-0.15, -0.1) is 0 Å². The summed E-state index contributed by atoms with van der Waals surface area (Å²) in [5.41, 5.74) is 0. The molecule has 2 fully saturated rings. The molecule has 0 saturated carbocycles. The summed E-state index contributed by atoms with van der Waals surface area (Å²) in [4.78, 5) is 10.5. The van der Waals surface area contributed by atoms with Crippen molar-refractivity contribution < 1.29 is 4.74 Å². The third-order valence-electron chi connectivity index (χ3n) is 3.07. The highest BCUT2D eigenvalue weighted by Crippen LogP contribution is 2.34. The third kappa shape index (κ3) is 1.81. The molecule has 86 valence electrons. The predicted octanol–water partition coefficient (Wildman–Crippen LogP) is 2.26. The maximum Gasteiger partial charge on any atom is 0.148 e. The zero-order valence-corrected chi connectivity index (χ0v) is 10.9. The first-order chi connectivity index (χ1) is 7.74. The average Bonchev–Trinajstić information content (AvgIpc) is 2.62. The molecule has 6 heteroatoms. The van der Waals surface area contributed by atoms with E-state index in [2.05, 4.69) is 30.8 Å². The van der Waals surface area contributed by atoms with E-state index in [9.17, 15) is 0 Å². The summed E-state index contributed by atoms with van der Waals surface area (Å²) in [5, 5.41) is 0.462. The van der Waals surface area contributed by atoms with Gasteiger partial charge in [-0.05, 0) is 28.8 Å². The lowest BCUT2D eigenvalue weighted by atomic mass is 10.2. The highest BCUT2D eigenvalue weighted by atomic mass is 79.9. The molecular weight excluding hydrogens is 293 g/mol. The standard InChI is InChI=1S/C10H11BrClN3O/c11-8-9(12)13-5-14-10(8)15-3-6-1-2-7(4-15)16-6/h5-7H,1-4H2. The molecule has 0 radical (unpaired) electrons. The Morgan fingerprint density at radius 2 is 2.00 bits per heavy atom. The van der Waals surface area contributed by atoms with Crippen molar-refractivity contribution in [2.45, 2.75) is 25.0 Å². The van der Waals surface area contributed by atoms with Crippen LogP contribution in [0, 0.1) is 0 Å². The molecule has 16 heavy (non-hydrogen) atoms. The first kappa shape index (κ1) is 10.7. The second-order valence-corrected chi connectivity index (χ2v) is 5.32. The number of rotatable bonds is 1. The molecule has 1 aromatic heterocycles. The molecule has 0 spiro atoms. The molecule has 0 amide bonds. The summed E-state index contributed by atoms with van der Waals surface area (Å²) in [6.07, 6.45) is 4.49. The summed E-state index contributed by atoms with van der Waals surface area (Å²) in [7, 11) is 0. The van der Waals surface area contributed by atoms with Crippen LogP contribution in [0.1, 0.15) is 12.8 Å². The number of halogens is 2. The van der Waals surface area contributed by atoms with E-state index in [1.54, 1.807) is 0 Å². The van der Waals surface area contributed by atoms with Gasteiger partial charge in [0.25, 0.3) is 0 Å². The van der Waals surface area contributed by atoms with E-state index in [1.165, 1.54) is 6.33 Å². The smallest absolute Gasteiger partial charge is 0.148 e. The van der Waals surface area contributed by atoms with Crippen molar-refractivity contribution in [1.82, 2.24) is 9.97 Å². The van der Waals surface area contributed by atoms with Crippen LogP contribution >= 0.6 is 27.5 Å². The fraction of sp³-hybridized carbons (Fsp3) is 0.600. The van der Waals surface area contributed by atoms with Crippen molar-refractivity contribution in [1.29, 1.82) is 0 Å². The maximum absolute atomic E-state index is 5.97. The number of fused-ring (bicyclic) bond motifs is 2. The van der Waals surface area contributed by atoms with E-state index in [-0.39, 0.29) is 0 Å². The molecular formula is C10H11BrClN3O. The highest BCUT2D eigenvalue weighted by molar-refractivity contribution is 9.10. The van der Waals surface area contributed by atoms with Crippen LogP contribution in [0.2, 0.25) is 5.15 Å². The summed E-state index contributed by atoms with van der Waals surface area (Å²) >= 11 is 9.40. The van der Waals surface area contributed by atoms with E-state index >= 15 is 0 Å². The predicted molar refractivity (Wildman–Crippen MR) is 64.9 cm³/mol. The second kappa shape index (κ2) is 4.13. The zero-order chi connectivity index (χ0) is 11.1. The lowest BCUT2D eigenvalue weighted by molar-refractivity contribution is 0.0301. The zero-order valence-electron chi connectivity index (χ0n) is 8.57. The number of nitrogens with zero attached hydrogens (tertiary/aromatic N) is 3. The third-order valence-corrected chi connectivity index (χ3v) is 4.32. The molecule has 3 heterocycles. The van der Waals surface area contributed by atoms with Gasteiger partial charge in [0.2, 0.25) is 0 Å². The highest BCUT2D eigenvalue weighted by Gasteiger charge is 2.35. The minimum atomic E-state index is 0.347. The summed E-state index contributed by atoms with van der Waals surface area (Å²) in [6, 6.07) is 0. The van der Waals surface area contributed by atoms with Gasteiger partial charge in [0, 0.05) is 13.1 Å². The molecule has 0 N–H and O–H groups in total. The Labute approximate surface area is 107 Å². The number of aromatic nitrogens is 2. The molecule has 0 aromatic carbocycles. The lowest BCUT2D eigenvalue weighted by Gasteiger charge is -2.33.